The van der Waals surface area contributed by atoms with Gasteiger partial charge in [-0.05, 0) is 31.4 Å². The Balaban J connectivity index is 2.33. The van der Waals surface area contributed by atoms with Crippen molar-refractivity contribution in [2.24, 2.45) is 0 Å². The van der Waals surface area contributed by atoms with E-state index in [9.17, 15) is 14.5 Å². The van der Waals surface area contributed by atoms with Crippen molar-refractivity contribution in [3.63, 3.8) is 0 Å². The van der Waals surface area contributed by atoms with Gasteiger partial charge < -0.3 is 5.32 Å². The molecule has 1 aromatic carbocycles. The summed E-state index contributed by atoms with van der Waals surface area (Å²) >= 11 is 1.83. The summed E-state index contributed by atoms with van der Waals surface area (Å²) in [5.41, 5.74) is -0.113. The second kappa shape index (κ2) is 8.87. The maximum absolute atomic E-state index is 13.7. The molecule has 0 aromatic heterocycles. The fraction of sp³-hybridized carbons (Fsp3) is 0.538. The Morgan fingerprint density at radius 1 is 1.37 bits per heavy atom. The number of rotatable bonds is 9. The molecule has 0 fully saturated rings. The Bertz CT molecular complexity index is 416. The molecule has 19 heavy (non-hydrogen) atoms. The zero-order valence-corrected chi connectivity index (χ0v) is 11.8. The highest BCUT2D eigenvalue weighted by Crippen LogP contribution is 2.19. The number of nitro benzene ring substituents is 1. The van der Waals surface area contributed by atoms with E-state index >= 15 is 0 Å². The van der Waals surface area contributed by atoms with Crippen LogP contribution in [0.1, 0.15) is 24.8 Å². The van der Waals surface area contributed by atoms with Crippen molar-refractivity contribution in [2.45, 2.75) is 25.8 Å². The van der Waals surface area contributed by atoms with E-state index in [4.69, 9.17) is 0 Å². The number of thioether (sulfide) groups is 1. The first kappa shape index (κ1) is 15.9. The molecule has 0 radical (unpaired) electrons. The van der Waals surface area contributed by atoms with Crippen molar-refractivity contribution in [3.05, 3.63) is 39.7 Å². The summed E-state index contributed by atoms with van der Waals surface area (Å²) in [5.74, 6) is 0.432. The van der Waals surface area contributed by atoms with E-state index < -0.39 is 16.4 Å². The number of unbranched alkanes of at least 4 members (excludes halogenated alkanes) is 2. The Hall–Kier alpha value is -1.14. The average Bonchev–Trinajstić information content (AvgIpc) is 2.39. The molecule has 0 aliphatic carbocycles. The third-order valence-electron chi connectivity index (χ3n) is 2.77. The molecular weight excluding hydrogens is 267 g/mol. The SMILES string of the molecule is CSCCCCCNCc1cccc([N+](=O)[O-])c1F. The smallest absolute Gasteiger partial charge is 0.305 e. The van der Waals surface area contributed by atoms with E-state index in [0.29, 0.717) is 12.1 Å². The highest BCUT2D eigenvalue weighted by molar-refractivity contribution is 7.98. The van der Waals surface area contributed by atoms with Crippen molar-refractivity contribution >= 4 is 17.4 Å². The Morgan fingerprint density at radius 3 is 2.84 bits per heavy atom. The highest BCUT2D eigenvalue weighted by Gasteiger charge is 2.16. The van der Waals surface area contributed by atoms with E-state index in [-0.39, 0.29) is 0 Å². The van der Waals surface area contributed by atoms with Gasteiger partial charge in [0.15, 0.2) is 0 Å². The van der Waals surface area contributed by atoms with Gasteiger partial charge in [0.1, 0.15) is 0 Å². The first-order valence-electron chi connectivity index (χ1n) is 6.28. The summed E-state index contributed by atoms with van der Waals surface area (Å²) in [6.07, 6.45) is 5.46. The van der Waals surface area contributed by atoms with Gasteiger partial charge in [-0.1, -0.05) is 18.6 Å². The van der Waals surface area contributed by atoms with E-state index in [1.54, 1.807) is 6.07 Å². The van der Waals surface area contributed by atoms with Crippen LogP contribution in [-0.4, -0.2) is 23.5 Å². The van der Waals surface area contributed by atoms with Crippen LogP contribution in [0.2, 0.25) is 0 Å². The average molecular weight is 286 g/mol. The van der Waals surface area contributed by atoms with Crippen molar-refractivity contribution in [2.75, 3.05) is 18.6 Å². The molecular formula is C13H19FN2O2S. The van der Waals surface area contributed by atoms with Gasteiger partial charge in [-0.25, -0.2) is 0 Å². The van der Waals surface area contributed by atoms with Gasteiger partial charge in [0.25, 0.3) is 0 Å². The first-order chi connectivity index (χ1) is 9.16. The van der Waals surface area contributed by atoms with E-state index in [2.05, 4.69) is 11.6 Å². The van der Waals surface area contributed by atoms with Crippen molar-refractivity contribution in [3.8, 4) is 0 Å². The summed E-state index contributed by atoms with van der Waals surface area (Å²) in [4.78, 5) is 9.90. The first-order valence-corrected chi connectivity index (χ1v) is 7.67. The Kier molecular flexibility index (Phi) is 7.43. The van der Waals surface area contributed by atoms with Crippen LogP contribution in [0.3, 0.4) is 0 Å². The lowest BCUT2D eigenvalue weighted by molar-refractivity contribution is -0.387. The number of nitro groups is 1. The molecule has 0 atom stereocenters. The molecule has 4 nitrogen and oxygen atoms in total. The Morgan fingerprint density at radius 2 is 2.16 bits per heavy atom. The standard InChI is InChI=1S/C13H19FN2O2S/c1-19-9-4-2-3-8-15-10-11-6-5-7-12(13(11)14)16(17)18/h5-7,15H,2-4,8-10H2,1H3. The minimum absolute atomic E-state index is 0.329. The lowest BCUT2D eigenvalue weighted by Crippen LogP contribution is -2.16. The van der Waals surface area contributed by atoms with Crippen molar-refractivity contribution in [1.82, 2.24) is 5.32 Å². The molecule has 0 heterocycles. The molecule has 0 aliphatic rings. The predicted octanol–water partition coefficient (Wildman–Crippen LogP) is 3.36. The summed E-state index contributed by atoms with van der Waals surface area (Å²) in [7, 11) is 0. The van der Waals surface area contributed by atoms with Crippen LogP contribution in [0.4, 0.5) is 10.1 Å². The third-order valence-corrected chi connectivity index (χ3v) is 3.47. The van der Waals surface area contributed by atoms with Crippen LogP contribution in [-0.2, 0) is 6.54 Å². The number of hydrogen-bond donors (Lipinski definition) is 1. The molecule has 0 aliphatic heterocycles. The zero-order chi connectivity index (χ0) is 14.1. The highest BCUT2D eigenvalue weighted by atomic mass is 32.2. The fourth-order valence-corrected chi connectivity index (χ4v) is 2.23. The normalized spacial score (nSPS) is 10.6. The van der Waals surface area contributed by atoms with E-state index in [1.807, 2.05) is 11.8 Å². The van der Waals surface area contributed by atoms with Crippen LogP contribution in [0.25, 0.3) is 0 Å². The zero-order valence-electron chi connectivity index (χ0n) is 11.0. The maximum Gasteiger partial charge on any atom is 0.305 e. The van der Waals surface area contributed by atoms with Gasteiger partial charge in [0.2, 0.25) is 5.82 Å². The number of nitrogens with one attached hydrogen (secondary N) is 1. The maximum atomic E-state index is 13.7. The van der Waals surface area contributed by atoms with Gasteiger partial charge in [-0.15, -0.1) is 0 Å². The predicted molar refractivity (Wildman–Crippen MR) is 77.0 cm³/mol. The lowest BCUT2D eigenvalue weighted by Gasteiger charge is -2.06. The molecule has 1 rings (SSSR count). The van der Waals surface area contributed by atoms with Gasteiger partial charge in [0, 0.05) is 18.2 Å². The van der Waals surface area contributed by atoms with Gasteiger partial charge >= 0.3 is 5.69 Å². The molecule has 0 unspecified atom stereocenters. The number of hydrogen-bond acceptors (Lipinski definition) is 4. The molecule has 106 valence electrons. The van der Waals surface area contributed by atoms with Crippen LogP contribution in [0.15, 0.2) is 18.2 Å². The molecule has 1 aromatic rings. The lowest BCUT2D eigenvalue weighted by atomic mass is 10.2. The monoisotopic (exact) mass is 286 g/mol. The molecule has 1 N–H and O–H groups in total. The quantitative estimate of drug-likeness (QED) is 0.429. The number of benzene rings is 1. The summed E-state index contributed by atoms with van der Waals surface area (Å²) in [6.45, 7) is 1.13. The van der Waals surface area contributed by atoms with Gasteiger partial charge in [0.05, 0.1) is 4.92 Å². The van der Waals surface area contributed by atoms with Crippen molar-refractivity contribution in [1.29, 1.82) is 0 Å². The molecule has 6 heteroatoms. The third kappa shape index (κ3) is 5.57. The van der Waals surface area contributed by atoms with Gasteiger partial charge in [-0.3, -0.25) is 10.1 Å². The summed E-state index contributed by atoms with van der Waals surface area (Å²) in [6, 6.07) is 4.26. The van der Waals surface area contributed by atoms with Crippen molar-refractivity contribution < 1.29 is 9.31 Å². The second-order valence-corrected chi connectivity index (χ2v) is 5.22. The van der Waals surface area contributed by atoms with Crippen LogP contribution in [0, 0.1) is 15.9 Å². The van der Waals surface area contributed by atoms with Crippen LogP contribution in [0.5, 0.6) is 0 Å². The summed E-state index contributed by atoms with van der Waals surface area (Å²) < 4.78 is 13.7. The second-order valence-electron chi connectivity index (χ2n) is 4.24. The summed E-state index contributed by atoms with van der Waals surface area (Å²) in [5, 5.41) is 13.7. The molecule has 0 bridgehead atoms. The Labute approximate surface area is 116 Å². The topological polar surface area (TPSA) is 55.2 Å². The number of nitrogens with zero attached hydrogens (tertiary/aromatic N) is 1. The largest absolute Gasteiger partial charge is 0.313 e. The minimum Gasteiger partial charge on any atom is -0.313 e. The fourth-order valence-electron chi connectivity index (χ4n) is 1.74. The van der Waals surface area contributed by atoms with E-state index in [1.165, 1.54) is 24.3 Å². The molecule has 0 amide bonds. The van der Waals surface area contributed by atoms with Crippen LogP contribution >= 0.6 is 11.8 Å². The van der Waals surface area contributed by atoms with E-state index in [0.717, 1.165) is 19.4 Å². The molecule has 0 saturated heterocycles. The molecule has 0 saturated carbocycles. The van der Waals surface area contributed by atoms with Crippen LogP contribution < -0.4 is 5.32 Å². The van der Waals surface area contributed by atoms with Gasteiger partial charge in [-0.2, -0.15) is 16.2 Å². The number of halogens is 1. The molecule has 0 spiro atoms. The minimum atomic E-state index is -0.734.